The van der Waals surface area contributed by atoms with Crippen LogP contribution in [0.5, 0.6) is 0 Å². The lowest BCUT2D eigenvalue weighted by atomic mass is 10.1. The van der Waals surface area contributed by atoms with Gasteiger partial charge in [0.25, 0.3) is 0 Å². The largest absolute Gasteiger partial charge is 0.416 e. The van der Waals surface area contributed by atoms with Gasteiger partial charge < -0.3 is 10.1 Å². The van der Waals surface area contributed by atoms with Crippen LogP contribution in [0.2, 0.25) is 0 Å². The van der Waals surface area contributed by atoms with Gasteiger partial charge in [0.15, 0.2) is 5.11 Å². The van der Waals surface area contributed by atoms with E-state index in [0.717, 1.165) is 31.6 Å². The highest BCUT2D eigenvalue weighted by Crippen LogP contribution is 2.29. The number of nitrogens with zero attached hydrogens (tertiary/aromatic N) is 1. The summed E-state index contributed by atoms with van der Waals surface area (Å²) in [5.74, 6) is 0. The van der Waals surface area contributed by atoms with Gasteiger partial charge in [-0.05, 0) is 42.8 Å². The summed E-state index contributed by atoms with van der Waals surface area (Å²) in [4.78, 5) is 0. The second-order valence-corrected chi connectivity index (χ2v) is 5.25. The minimum Gasteiger partial charge on any atom is -0.376 e. The van der Waals surface area contributed by atoms with Crippen molar-refractivity contribution in [2.75, 3.05) is 13.2 Å². The molecule has 1 aromatic carbocycles. The third-order valence-electron chi connectivity index (χ3n) is 3.11. The van der Waals surface area contributed by atoms with Crippen molar-refractivity contribution in [1.29, 1.82) is 0 Å². The number of hydrogen-bond acceptors (Lipinski definition) is 3. The van der Waals surface area contributed by atoms with Crippen LogP contribution >= 0.6 is 12.2 Å². The van der Waals surface area contributed by atoms with E-state index < -0.39 is 11.7 Å². The van der Waals surface area contributed by atoms with Gasteiger partial charge in [-0.25, -0.2) is 0 Å². The molecule has 0 saturated carbocycles. The first-order valence-electron chi connectivity index (χ1n) is 6.81. The molecule has 0 unspecified atom stereocenters. The van der Waals surface area contributed by atoms with Gasteiger partial charge in [0.05, 0.1) is 17.9 Å². The first-order chi connectivity index (χ1) is 10.4. The Kier molecular flexibility index (Phi) is 5.73. The summed E-state index contributed by atoms with van der Waals surface area (Å²) >= 11 is 5.02. The lowest BCUT2D eigenvalue weighted by Crippen LogP contribution is -2.37. The van der Waals surface area contributed by atoms with Crippen LogP contribution in [0, 0.1) is 0 Å². The number of nitrogens with one attached hydrogen (secondary N) is 2. The fourth-order valence-electron chi connectivity index (χ4n) is 2.01. The van der Waals surface area contributed by atoms with Crippen LogP contribution < -0.4 is 10.7 Å². The molecule has 120 valence electrons. The molecule has 1 saturated heterocycles. The molecule has 0 bridgehead atoms. The van der Waals surface area contributed by atoms with E-state index in [1.54, 1.807) is 0 Å². The van der Waals surface area contributed by atoms with E-state index in [0.29, 0.717) is 17.2 Å². The van der Waals surface area contributed by atoms with E-state index in [9.17, 15) is 13.2 Å². The van der Waals surface area contributed by atoms with Gasteiger partial charge in [0.1, 0.15) is 0 Å². The quantitative estimate of drug-likeness (QED) is 0.506. The molecule has 1 aliphatic heterocycles. The minimum atomic E-state index is -4.37. The highest BCUT2D eigenvalue weighted by atomic mass is 32.1. The fraction of sp³-hybridized carbons (Fsp3) is 0.429. The molecule has 1 aromatic rings. The molecule has 1 heterocycles. The van der Waals surface area contributed by atoms with Gasteiger partial charge in [-0.2, -0.15) is 18.3 Å². The molecule has 0 aliphatic carbocycles. The van der Waals surface area contributed by atoms with E-state index >= 15 is 0 Å². The van der Waals surface area contributed by atoms with E-state index in [4.69, 9.17) is 17.0 Å². The first-order valence-corrected chi connectivity index (χ1v) is 7.22. The Morgan fingerprint density at radius 2 is 2.27 bits per heavy atom. The van der Waals surface area contributed by atoms with Crippen LogP contribution in [0.3, 0.4) is 0 Å². The fourth-order valence-corrected chi connectivity index (χ4v) is 2.15. The zero-order valence-electron chi connectivity index (χ0n) is 11.7. The van der Waals surface area contributed by atoms with Crippen LogP contribution in [0.1, 0.15) is 24.0 Å². The van der Waals surface area contributed by atoms with Crippen LogP contribution in [0.15, 0.2) is 29.4 Å². The molecule has 0 amide bonds. The van der Waals surface area contributed by atoms with Gasteiger partial charge in [-0.3, -0.25) is 5.43 Å². The molecule has 22 heavy (non-hydrogen) atoms. The number of ether oxygens (including phenoxy) is 1. The summed E-state index contributed by atoms with van der Waals surface area (Å²) in [6, 6.07) is 4.90. The van der Waals surface area contributed by atoms with E-state index in [-0.39, 0.29) is 6.10 Å². The van der Waals surface area contributed by atoms with Gasteiger partial charge in [0, 0.05) is 13.2 Å². The lowest BCUT2D eigenvalue weighted by molar-refractivity contribution is -0.137. The van der Waals surface area contributed by atoms with E-state index in [2.05, 4.69) is 15.8 Å². The van der Waals surface area contributed by atoms with E-state index in [1.807, 2.05) is 0 Å². The monoisotopic (exact) mass is 331 g/mol. The Morgan fingerprint density at radius 3 is 2.95 bits per heavy atom. The van der Waals surface area contributed by atoms with Gasteiger partial charge in [-0.15, -0.1) is 0 Å². The van der Waals surface area contributed by atoms with Gasteiger partial charge in [0.2, 0.25) is 0 Å². The van der Waals surface area contributed by atoms with Crippen molar-refractivity contribution in [3.63, 3.8) is 0 Å². The molecule has 0 spiro atoms. The first kappa shape index (κ1) is 16.7. The van der Waals surface area contributed by atoms with Crippen LogP contribution in [-0.4, -0.2) is 30.6 Å². The molecule has 0 radical (unpaired) electrons. The molecule has 0 aromatic heterocycles. The average molecular weight is 331 g/mol. The third kappa shape index (κ3) is 5.27. The van der Waals surface area contributed by atoms with E-state index in [1.165, 1.54) is 18.3 Å². The second-order valence-electron chi connectivity index (χ2n) is 4.84. The molecule has 8 heteroatoms. The molecule has 2 N–H and O–H groups in total. The van der Waals surface area contributed by atoms with Crippen molar-refractivity contribution in [3.05, 3.63) is 35.4 Å². The molecule has 2 rings (SSSR count). The van der Waals surface area contributed by atoms with Crippen molar-refractivity contribution in [2.24, 2.45) is 5.10 Å². The van der Waals surface area contributed by atoms with Crippen LogP contribution in [0.4, 0.5) is 13.2 Å². The highest BCUT2D eigenvalue weighted by molar-refractivity contribution is 7.80. The van der Waals surface area contributed by atoms with Crippen molar-refractivity contribution in [3.8, 4) is 0 Å². The molecule has 4 nitrogen and oxygen atoms in total. The second kappa shape index (κ2) is 7.55. The summed E-state index contributed by atoms with van der Waals surface area (Å²) in [5, 5.41) is 7.08. The number of halogens is 3. The summed E-state index contributed by atoms with van der Waals surface area (Å²) in [7, 11) is 0. The average Bonchev–Trinajstić information content (AvgIpc) is 2.98. The van der Waals surface area contributed by atoms with Crippen molar-refractivity contribution in [2.45, 2.75) is 25.1 Å². The Labute approximate surface area is 131 Å². The summed E-state index contributed by atoms with van der Waals surface area (Å²) < 4.78 is 43.1. The number of rotatable bonds is 4. The molecule has 1 fully saturated rings. The highest BCUT2D eigenvalue weighted by Gasteiger charge is 2.30. The molecule has 1 atom stereocenters. The Hall–Kier alpha value is -1.67. The lowest BCUT2D eigenvalue weighted by Gasteiger charge is -2.11. The van der Waals surface area contributed by atoms with Crippen LogP contribution in [0.25, 0.3) is 0 Å². The SMILES string of the molecule is FC(F)(F)c1cccc(/C=N\NC(=S)NC[C@H]2CCCO2)c1. The van der Waals surface area contributed by atoms with Crippen molar-refractivity contribution < 1.29 is 17.9 Å². The number of hydrogen-bond donors (Lipinski definition) is 2. The van der Waals surface area contributed by atoms with Gasteiger partial charge >= 0.3 is 6.18 Å². The Morgan fingerprint density at radius 1 is 1.45 bits per heavy atom. The topological polar surface area (TPSA) is 45.7 Å². The predicted molar refractivity (Wildman–Crippen MR) is 81.7 cm³/mol. The number of hydrazone groups is 1. The maximum absolute atomic E-state index is 12.6. The number of thiocarbonyl (C=S) groups is 1. The van der Waals surface area contributed by atoms with Gasteiger partial charge in [-0.1, -0.05) is 12.1 Å². The normalized spacial score (nSPS) is 18.6. The summed E-state index contributed by atoms with van der Waals surface area (Å²) in [6.07, 6.45) is -0.902. The summed E-state index contributed by atoms with van der Waals surface area (Å²) in [6.45, 7) is 1.35. The van der Waals surface area contributed by atoms with Crippen molar-refractivity contribution in [1.82, 2.24) is 10.7 Å². The summed E-state index contributed by atoms with van der Waals surface area (Å²) in [5.41, 5.74) is 2.19. The number of alkyl halides is 3. The third-order valence-corrected chi connectivity index (χ3v) is 3.34. The number of benzene rings is 1. The molecular formula is C14H16F3N3OS. The Bertz CT molecular complexity index is 542. The maximum Gasteiger partial charge on any atom is 0.416 e. The smallest absolute Gasteiger partial charge is 0.376 e. The maximum atomic E-state index is 12.6. The minimum absolute atomic E-state index is 0.146. The van der Waals surface area contributed by atoms with Crippen LogP contribution in [-0.2, 0) is 10.9 Å². The standard InChI is InChI=1S/C14H16F3N3OS/c15-14(16,17)11-4-1-3-10(7-11)8-19-20-13(22)18-9-12-5-2-6-21-12/h1,3-4,7-8,12H,2,5-6,9H2,(H2,18,20,22)/b19-8-/t12-/m1/s1. The molecular weight excluding hydrogens is 315 g/mol. The Balaban J connectivity index is 1.80. The van der Waals surface area contributed by atoms with Crippen molar-refractivity contribution >= 4 is 23.5 Å². The zero-order chi connectivity index (χ0) is 16.0. The predicted octanol–water partition coefficient (Wildman–Crippen LogP) is 2.68. The molecule has 1 aliphatic rings. The zero-order valence-corrected chi connectivity index (χ0v) is 12.5.